The summed E-state index contributed by atoms with van der Waals surface area (Å²) in [6, 6.07) is 0.563. The second kappa shape index (κ2) is 5.60. The molecule has 1 saturated carbocycles. The third kappa shape index (κ3) is 3.47. The molecule has 2 rings (SSSR count). The number of hydrogen-bond donors (Lipinski definition) is 2. The van der Waals surface area contributed by atoms with Crippen LogP contribution in [0.4, 0.5) is 0 Å². The fourth-order valence-corrected chi connectivity index (χ4v) is 3.55. The van der Waals surface area contributed by atoms with E-state index in [2.05, 4.69) is 31.4 Å². The summed E-state index contributed by atoms with van der Waals surface area (Å²) < 4.78 is 0. The fourth-order valence-electron chi connectivity index (χ4n) is 3.55. The number of nitrogens with one attached hydrogen (secondary N) is 2. The molecular formula is C15H28N2O. The topological polar surface area (TPSA) is 41.1 Å². The highest BCUT2D eigenvalue weighted by Crippen LogP contribution is 2.38. The van der Waals surface area contributed by atoms with Gasteiger partial charge in [0.25, 0.3) is 0 Å². The van der Waals surface area contributed by atoms with E-state index in [9.17, 15) is 4.79 Å². The average molecular weight is 252 g/mol. The van der Waals surface area contributed by atoms with E-state index >= 15 is 0 Å². The molecule has 1 aliphatic carbocycles. The van der Waals surface area contributed by atoms with Gasteiger partial charge >= 0.3 is 0 Å². The van der Waals surface area contributed by atoms with Crippen molar-refractivity contribution in [3.63, 3.8) is 0 Å². The van der Waals surface area contributed by atoms with Crippen LogP contribution < -0.4 is 10.6 Å². The van der Waals surface area contributed by atoms with Gasteiger partial charge in [0.1, 0.15) is 0 Å². The molecule has 2 N–H and O–H groups in total. The van der Waals surface area contributed by atoms with Gasteiger partial charge in [-0.25, -0.2) is 0 Å². The van der Waals surface area contributed by atoms with Gasteiger partial charge in [-0.05, 0) is 49.9 Å². The Hall–Kier alpha value is -0.570. The third-order valence-corrected chi connectivity index (χ3v) is 4.64. The fraction of sp³-hybridized carbons (Fsp3) is 0.933. The zero-order chi connectivity index (χ0) is 13.2. The second-order valence-corrected chi connectivity index (χ2v) is 7.00. The van der Waals surface area contributed by atoms with Crippen LogP contribution >= 0.6 is 0 Å². The molecule has 0 radical (unpaired) electrons. The van der Waals surface area contributed by atoms with Crippen molar-refractivity contribution in [3.05, 3.63) is 0 Å². The average Bonchev–Trinajstić information content (AvgIpc) is 2.47. The van der Waals surface area contributed by atoms with Gasteiger partial charge in [0.2, 0.25) is 5.91 Å². The molecule has 3 unspecified atom stereocenters. The summed E-state index contributed by atoms with van der Waals surface area (Å²) in [5.41, 5.74) is 0.476. The quantitative estimate of drug-likeness (QED) is 0.792. The maximum Gasteiger partial charge on any atom is 0.237 e. The maximum atomic E-state index is 11.9. The zero-order valence-corrected chi connectivity index (χ0v) is 12.1. The Labute approximate surface area is 111 Å². The molecule has 0 bridgehead atoms. The molecule has 1 saturated heterocycles. The summed E-state index contributed by atoms with van der Waals surface area (Å²) in [6.45, 7) is 7.90. The molecule has 2 aliphatic rings. The van der Waals surface area contributed by atoms with Crippen molar-refractivity contribution in [2.45, 2.75) is 71.4 Å². The number of carbonyl (C=O) groups is 1. The van der Waals surface area contributed by atoms with Crippen LogP contribution in [-0.2, 0) is 4.79 Å². The number of amides is 1. The minimum Gasteiger partial charge on any atom is -0.355 e. The van der Waals surface area contributed by atoms with Gasteiger partial charge in [0, 0.05) is 12.6 Å². The molecule has 1 amide bonds. The molecule has 3 nitrogen and oxygen atoms in total. The molecule has 0 spiro atoms. The SMILES string of the molecule is CC1CC(C)(C)CCC1NC1CCCCNC1=O. The molecule has 3 atom stereocenters. The number of rotatable bonds is 2. The molecule has 3 heteroatoms. The standard InChI is InChI=1S/C15H28N2O/c1-11-10-15(2,3)8-7-12(11)17-13-6-4-5-9-16-14(13)18/h11-13,17H,4-10H2,1-3H3,(H,16,18). The Morgan fingerprint density at radius 2 is 2.06 bits per heavy atom. The molecule has 0 aromatic heterocycles. The predicted molar refractivity (Wildman–Crippen MR) is 74.4 cm³/mol. The van der Waals surface area contributed by atoms with E-state index < -0.39 is 0 Å². The lowest BCUT2D eigenvalue weighted by Crippen LogP contribution is -2.51. The second-order valence-electron chi connectivity index (χ2n) is 7.00. The van der Waals surface area contributed by atoms with Crippen LogP contribution in [0.5, 0.6) is 0 Å². The molecule has 18 heavy (non-hydrogen) atoms. The van der Waals surface area contributed by atoms with E-state index in [-0.39, 0.29) is 11.9 Å². The highest BCUT2D eigenvalue weighted by atomic mass is 16.2. The monoisotopic (exact) mass is 252 g/mol. The number of carbonyl (C=O) groups excluding carboxylic acids is 1. The summed E-state index contributed by atoms with van der Waals surface area (Å²) in [6.07, 6.45) is 7.01. The molecule has 0 aromatic rings. The van der Waals surface area contributed by atoms with Gasteiger partial charge < -0.3 is 10.6 Å². The normalized spacial score (nSPS) is 36.8. The maximum absolute atomic E-state index is 11.9. The van der Waals surface area contributed by atoms with Gasteiger partial charge in [-0.15, -0.1) is 0 Å². The Balaban J connectivity index is 1.90. The first-order valence-corrected chi connectivity index (χ1v) is 7.52. The smallest absolute Gasteiger partial charge is 0.237 e. The first-order chi connectivity index (χ1) is 8.48. The Morgan fingerprint density at radius 3 is 2.78 bits per heavy atom. The minimum atomic E-state index is 0.0427. The summed E-state index contributed by atoms with van der Waals surface area (Å²) >= 11 is 0. The molecule has 1 heterocycles. The lowest BCUT2D eigenvalue weighted by atomic mass is 9.70. The van der Waals surface area contributed by atoms with Crippen molar-refractivity contribution in [1.82, 2.24) is 10.6 Å². The summed E-state index contributed by atoms with van der Waals surface area (Å²) in [5, 5.41) is 6.64. The Morgan fingerprint density at radius 1 is 1.28 bits per heavy atom. The van der Waals surface area contributed by atoms with E-state index in [4.69, 9.17) is 0 Å². The van der Waals surface area contributed by atoms with E-state index in [0.29, 0.717) is 17.4 Å². The van der Waals surface area contributed by atoms with Crippen molar-refractivity contribution >= 4 is 5.91 Å². The lowest BCUT2D eigenvalue weighted by molar-refractivity contribution is -0.123. The van der Waals surface area contributed by atoms with Gasteiger partial charge in [-0.3, -0.25) is 4.79 Å². The molecule has 0 aromatic carbocycles. The molecule has 104 valence electrons. The summed E-state index contributed by atoms with van der Waals surface area (Å²) in [7, 11) is 0. The van der Waals surface area contributed by atoms with Crippen molar-refractivity contribution in [2.24, 2.45) is 11.3 Å². The van der Waals surface area contributed by atoms with E-state index in [1.165, 1.54) is 19.3 Å². The van der Waals surface area contributed by atoms with Gasteiger partial charge in [-0.1, -0.05) is 20.8 Å². The van der Waals surface area contributed by atoms with Crippen LogP contribution in [0.1, 0.15) is 59.3 Å². The lowest BCUT2D eigenvalue weighted by Gasteiger charge is -2.40. The minimum absolute atomic E-state index is 0.0427. The summed E-state index contributed by atoms with van der Waals surface area (Å²) in [5.74, 6) is 0.884. The largest absolute Gasteiger partial charge is 0.355 e. The van der Waals surface area contributed by atoms with Crippen molar-refractivity contribution in [3.8, 4) is 0 Å². The van der Waals surface area contributed by atoms with Crippen LogP contribution in [0.15, 0.2) is 0 Å². The molecule has 1 aliphatic heterocycles. The van der Waals surface area contributed by atoms with Gasteiger partial charge in [0.15, 0.2) is 0 Å². The number of hydrogen-bond acceptors (Lipinski definition) is 2. The van der Waals surface area contributed by atoms with Crippen LogP contribution in [0.25, 0.3) is 0 Å². The highest BCUT2D eigenvalue weighted by molar-refractivity contribution is 5.81. The first kappa shape index (κ1) is 13.9. The van der Waals surface area contributed by atoms with Crippen LogP contribution in [0.2, 0.25) is 0 Å². The van der Waals surface area contributed by atoms with E-state index in [1.807, 2.05) is 0 Å². The van der Waals surface area contributed by atoms with Crippen LogP contribution in [-0.4, -0.2) is 24.5 Å². The zero-order valence-electron chi connectivity index (χ0n) is 12.1. The van der Waals surface area contributed by atoms with Crippen LogP contribution in [0.3, 0.4) is 0 Å². The van der Waals surface area contributed by atoms with Crippen molar-refractivity contribution in [2.75, 3.05) is 6.54 Å². The predicted octanol–water partition coefficient (Wildman–Crippen LogP) is 2.46. The van der Waals surface area contributed by atoms with E-state index in [0.717, 1.165) is 25.8 Å². The van der Waals surface area contributed by atoms with Gasteiger partial charge in [0.05, 0.1) is 6.04 Å². The third-order valence-electron chi connectivity index (χ3n) is 4.64. The van der Waals surface area contributed by atoms with Crippen molar-refractivity contribution in [1.29, 1.82) is 0 Å². The molecular weight excluding hydrogens is 224 g/mol. The van der Waals surface area contributed by atoms with Crippen LogP contribution in [0, 0.1) is 11.3 Å². The van der Waals surface area contributed by atoms with Crippen molar-refractivity contribution < 1.29 is 4.79 Å². The Bertz CT molecular complexity index is 301. The summed E-state index contributed by atoms with van der Waals surface area (Å²) in [4.78, 5) is 11.9. The van der Waals surface area contributed by atoms with E-state index in [1.54, 1.807) is 0 Å². The van der Waals surface area contributed by atoms with Gasteiger partial charge in [-0.2, -0.15) is 0 Å². The first-order valence-electron chi connectivity index (χ1n) is 7.52. The Kier molecular flexibility index (Phi) is 4.31. The molecule has 2 fully saturated rings. The highest BCUT2D eigenvalue weighted by Gasteiger charge is 2.34.